The van der Waals surface area contributed by atoms with E-state index in [0.29, 0.717) is 0 Å². The molecule has 0 unspecified atom stereocenters. The molecule has 2 heterocycles. The molecule has 100 valence electrons. The largest absolute Gasteiger partial charge is 0.298 e. The molecule has 0 atom stereocenters. The molecule has 0 amide bonds. The van der Waals surface area contributed by atoms with Gasteiger partial charge in [0.15, 0.2) is 0 Å². The van der Waals surface area contributed by atoms with Gasteiger partial charge in [0.1, 0.15) is 0 Å². The van der Waals surface area contributed by atoms with Crippen LogP contribution in [0.5, 0.6) is 0 Å². The van der Waals surface area contributed by atoms with Gasteiger partial charge in [-0.15, -0.1) is 11.3 Å². The van der Waals surface area contributed by atoms with Gasteiger partial charge in [0.2, 0.25) is 0 Å². The third-order valence-corrected chi connectivity index (χ3v) is 6.51. The van der Waals surface area contributed by atoms with Crippen molar-refractivity contribution in [2.75, 3.05) is 13.1 Å². The Bertz CT molecular complexity index is 385. The molecular weight excluding hydrogens is 306 g/mol. The predicted octanol–water partition coefficient (Wildman–Crippen LogP) is 5.06. The summed E-state index contributed by atoms with van der Waals surface area (Å²) in [4.78, 5) is 4.15. The third kappa shape index (κ3) is 3.00. The number of rotatable bonds is 2. The van der Waals surface area contributed by atoms with E-state index in [2.05, 4.69) is 32.3 Å². The highest BCUT2D eigenvalue weighted by Gasteiger charge is 2.35. The van der Waals surface area contributed by atoms with Crippen molar-refractivity contribution in [2.45, 2.75) is 51.5 Å². The molecule has 0 N–H and O–H groups in total. The molecule has 1 aliphatic carbocycles. The van der Waals surface area contributed by atoms with Crippen LogP contribution in [0.2, 0.25) is 0 Å². The van der Waals surface area contributed by atoms with E-state index in [1.165, 1.54) is 67.4 Å². The molecular formula is C15H22BrNS. The van der Waals surface area contributed by atoms with E-state index >= 15 is 0 Å². The van der Waals surface area contributed by atoms with Gasteiger partial charge in [-0.25, -0.2) is 0 Å². The van der Waals surface area contributed by atoms with Gasteiger partial charge in [0.25, 0.3) is 0 Å². The molecule has 1 nitrogen and oxygen atoms in total. The zero-order valence-electron chi connectivity index (χ0n) is 11.0. The number of hydrogen-bond acceptors (Lipinski definition) is 2. The lowest BCUT2D eigenvalue weighted by Gasteiger charge is -2.44. The van der Waals surface area contributed by atoms with Crippen molar-refractivity contribution in [3.05, 3.63) is 20.8 Å². The molecule has 1 aromatic rings. The van der Waals surface area contributed by atoms with Crippen LogP contribution in [0, 0.1) is 5.41 Å². The third-order valence-electron chi connectivity index (χ3n) is 4.83. The number of piperidine rings is 1. The van der Waals surface area contributed by atoms with E-state index in [9.17, 15) is 0 Å². The van der Waals surface area contributed by atoms with Crippen LogP contribution in [0.4, 0.5) is 0 Å². The number of likely N-dealkylation sites (tertiary alicyclic amines) is 1. The molecule has 3 heteroatoms. The van der Waals surface area contributed by atoms with Crippen molar-refractivity contribution in [2.24, 2.45) is 5.41 Å². The second kappa shape index (κ2) is 5.64. The maximum atomic E-state index is 3.55. The Balaban J connectivity index is 1.53. The Morgan fingerprint density at radius 1 is 1.11 bits per heavy atom. The molecule has 1 aromatic heterocycles. The van der Waals surface area contributed by atoms with Crippen molar-refractivity contribution in [1.29, 1.82) is 0 Å². The van der Waals surface area contributed by atoms with Crippen molar-refractivity contribution >= 4 is 27.3 Å². The standard InChI is InChI=1S/C15H22BrNS/c16-13-10-14(18-12-13)11-17-8-6-15(7-9-17)4-2-1-3-5-15/h10,12H,1-9,11H2. The number of halogens is 1. The molecule has 0 bridgehead atoms. The average Bonchev–Trinajstić information content (AvgIpc) is 2.79. The van der Waals surface area contributed by atoms with Crippen LogP contribution in [0.25, 0.3) is 0 Å². The van der Waals surface area contributed by atoms with Crippen LogP contribution < -0.4 is 0 Å². The molecule has 18 heavy (non-hydrogen) atoms. The number of nitrogens with zero attached hydrogens (tertiary/aromatic N) is 1. The summed E-state index contributed by atoms with van der Waals surface area (Å²) in [7, 11) is 0. The fourth-order valence-electron chi connectivity index (χ4n) is 3.64. The SMILES string of the molecule is Brc1csc(CN2CCC3(CCCCC3)CC2)c1. The van der Waals surface area contributed by atoms with Crippen LogP contribution in [0.3, 0.4) is 0 Å². The van der Waals surface area contributed by atoms with Crippen molar-refractivity contribution in [1.82, 2.24) is 4.90 Å². The van der Waals surface area contributed by atoms with E-state index < -0.39 is 0 Å². The smallest absolute Gasteiger partial charge is 0.0328 e. The van der Waals surface area contributed by atoms with Crippen LogP contribution in [-0.4, -0.2) is 18.0 Å². The highest BCUT2D eigenvalue weighted by molar-refractivity contribution is 9.10. The summed E-state index contributed by atoms with van der Waals surface area (Å²) in [5, 5.41) is 2.20. The van der Waals surface area contributed by atoms with Gasteiger partial charge in [-0.2, -0.15) is 0 Å². The van der Waals surface area contributed by atoms with Gasteiger partial charge in [-0.1, -0.05) is 19.3 Å². The predicted molar refractivity (Wildman–Crippen MR) is 82.0 cm³/mol. The monoisotopic (exact) mass is 327 g/mol. The van der Waals surface area contributed by atoms with Gasteiger partial charge >= 0.3 is 0 Å². The molecule has 1 saturated carbocycles. The first kappa shape index (κ1) is 13.1. The van der Waals surface area contributed by atoms with Crippen LogP contribution in [-0.2, 0) is 6.54 Å². The Kier molecular flexibility index (Phi) is 4.12. The minimum atomic E-state index is 0.741. The van der Waals surface area contributed by atoms with E-state index in [4.69, 9.17) is 0 Å². The lowest BCUT2D eigenvalue weighted by atomic mass is 9.68. The molecule has 2 aliphatic rings. The zero-order chi connectivity index (χ0) is 12.4. The normalized spacial score (nSPS) is 24.5. The fourth-order valence-corrected chi connectivity index (χ4v) is 5.14. The molecule has 1 aliphatic heterocycles. The highest BCUT2D eigenvalue weighted by atomic mass is 79.9. The molecule has 0 radical (unpaired) electrons. The summed E-state index contributed by atoms with van der Waals surface area (Å²) >= 11 is 5.43. The Labute approximate surface area is 123 Å². The van der Waals surface area contributed by atoms with Gasteiger partial charge in [-0.3, -0.25) is 4.90 Å². The highest BCUT2D eigenvalue weighted by Crippen LogP contribution is 2.44. The van der Waals surface area contributed by atoms with Gasteiger partial charge in [0, 0.05) is 21.3 Å². The molecule has 3 rings (SSSR count). The Morgan fingerprint density at radius 2 is 1.83 bits per heavy atom. The lowest BCUT2D eigenvalue weighted by molar-refractivity contribution is 0.0646. The molecule has 0 aromatic carbocycles. The van der Waals surface area contributed by atoms with Crippen LogP contribution >= 0.6 is 27.3 Å². The van der Waals surface area contributed by atoms with Crippen molar-refractivity contribution in [3.63, 3.8) is 0 Å². The Hall–Kier alpha value is 0.140. The number of hydrogen-bond donors (Lipinski definition) is 0. The van der Waals surface area contributed by atoms with Crippen molar-refractivity contribution in [3.8, 4) is 0 Å². The summed E-state index contributed by atoms with van der Waals surface area (Å²) in [5.41, 5.74) is 0.741. The maximum Gasteiger partial charge on any atom is 0.0328 e. The van der Waals surface area contributed by atoms with Crippen LogP contribution in [0.1, 0.15) is 49.8 Å². The fraction of sp³-hybridized carbons (Fsp3) is 0.733. The minimum Gasteiger partial charge on any atom is -0.298 e. The summed E-state index contributed by atoms with van der Waals surface area (Å²) in [6, 6.07) is 2.27. The first-order valence-corrected chi connectivity index (χ1v) is 8.88. The lowest BCUT2D eigenvalue weighted by Crippen LogP contribution is -2.40. The summed E-state index contributed by atoms with van der Waals surface area (Å²) < 4.78 is 1.24. The van der Waals surface area contributed by atoms with E-state index in [0.717, 1.165) is 12.0 Å². The maximum absolute atomic E-state index is 3.55. The van der Waals surface area contributed by atoms with Crippen molar-refractivity contribution < 1.29 is 0 Å². The van der Waals surface area contributed by atoms with E-state index in [1.807, 2.05) is 11.3 Å². The first-order chi connectivity index (χ1) is 8.76. The quantitative estimate of drug-likeness (QED) is 0.734. The van der Waals surface area contributed by atoms with E-state index in [1.54, 1.807) is 0 Å². The summed E-state index contributed by atoms with van der Waals surface area (Å²) in [6.07, 6.45) is 10.3. The van der Waals surface area contributed by atoms with E-state index in [-0.39, 0.29) is 0 Å². The second-order valence-electron chi connectivity index (χ2n) is 6.07. The number of thiophene rings is 1. The minimum absolute atomic E-state index is 0.741. The topological polar surface area (TPSA) is 3.24 Å². The summed E-state index contributed by atoms with van der Waals surface area (Å²) in [5.74, 6) is 0. The van der Waals surface area contributed by atoms with Gasteiger partial charge < -0.3 is 0 Å². The molecule has 2 fully saturated rings. The van der Waals surface area contributed by atoms with Gasteiger partial charge in [-0.05, 0) is 66.2 Å². The zero-order valence-corrected chi connectivity index (χ0v) is 13.4. The Morgan fingerprint density at radius 3 is 2.44 bits per heavy atom. The first-order valence-electron chi connectivity index (χ1n) is 7.21. The van der Waals surface area contributed by atoms with Crippen LogP contribution in [0.15, 0.2) is 15.9 Å². The second-order valence-corrected chi connectivity index (χ2v) is 7.98. The average molecular weight is 328 g/mol. The summed E-state index contributed by atoms with van der Waals surface area (Å²) in [6.45, 7) is 3.79. The van der Waals surface area contributed by atoms with Gasteiger partial charge in [0.05, 0.1) is 0 Å². The molecule has 1 spiro atoms. The molecule has 1 saturated heterocycles.